The third-order valence-corrected chi connectivity index (χ3v) is 4.76. The molecule has 0 spiro atoms. The summed E-state index contributed by atoms with van der Waals surface area (Å²) in [6.45, 7) is 5.66. The first-order valence-corrected chi connectivity index (χ1v) is 8.26. The summed E-state index contributed by atoms with van der Waals surface area (Å²) in [5.41, 5.74) is 4.08. The van der Waals surface area contributed by atoms with Gasteiger partial charge in [0.25, 0.3) is 0 Å². The van der Waals surface area contributed by atoms with E-state index in [2.05, 4.69) is 40.1 Å². The van der Waals surface area contributed by atoms with Crippen LogP contribution in [-0.4, -0.2) is 48.4 Å². The highest BCUT2D eigenvalue weighted by Crippen LogP contribution is 2.28. The lowest BCUT2D eigenvalue weighted by atomic mass is 9.98. The van der Waals surface area contributed by atoms with Crippen LogP contribution in [0.1, 0.15) is 36.8 Å². The highest BCUT2D eigenvalue weighted by atomic mass is 15.3. The maximum Gasteiger partial charge on any atom is 0.135 e. The van der Waals surface area contributed by atoms with E-state index in [1.807, 2.05) is 0 Å². The van der Waals surface area contributed by atoms with Crippen molar-refractivity contribution in [2.45, 2.75) is 25.7 Å². The van der Waals surface area contributed by atoms with Crippen LogP contribution in [0.5, 0.6) is 0 Å². The van der Waals surface area contributed by atoms with Gasteiger partial charge in [0, 0.05) is 30.9 Å². The number of hydrogen-bond acceptors (Lipinski definition) is 3. The molecule has 3 heteroatoms. The van der Waals surface area contributed by atoms with Gasteiger partial charge in [-0.05, 0) is 44.0 Å². The van der Waals surface area contributed by atoms with Crippen LogP contribution in [0.2, 0.25) is 0 Å². The minimum atomic E-state index is 0.969. The van der Waals surface area contributed by atoms with Crippen molar-refractivity contribution in [3.05, 3.63) is 41.1 Å². The van der Waals surface area contributed by atoms with Gasteiger partial charge in [-0.2, -0.15) is 0 Å². The predicted molar refractivity (Wildman–Crippen MR) is 87.4 cm³/mol. The van der Waals surface area contributed by atoms with Gasteiger partial charge >= 0.3 is 0 Å². The SMILES string of the molecule is C1=C(CN2CCCCC2)N2CCCN=C2c2ccccc21. The van der Waals surface area contributed by atoms with Crippen LogP contribution < -0.4 is 0 Å². The van der Waals surface area contributed by atoms with Crippen LogP contribution in [0.25, 0.3) is 6.08 Å². The first-order chi connectivity index (χ1) is 10.4. The maximum atomic E-state index is 4.82. The second kappa shape index (κ2) is 5.64. The standard InChI is InChI=1S/C18H23N3/c1-4-10-20(11-5-1)14-16-13-15-7-2-3-8-17(15)18-19-9-6-12-21(16)18/h2-3,7-8,13H,1,4-6,9-12,14H2. The summed E-state index contributed by atoms with van der Waals surface area (Å²) >= 11 is 0. The van der Waals surface area contributed by atoms with E-state index in [4.69, 9.17) is 4.99 Å². The summed E-state index contributed by atoms with van der Waals surface area (Å²) < 4.78 is 0. The molecule has 0 N–H and O–H groups in total. The molecule has 0 unspecified atom stereocenters. The van der Waals surface area contributed by atoms with Gasteiger partial charge in [0.1, 0.15) is 5.84 Å². The van der Waals surface area contributed by atoms with Crippen molar-refractivity contribution in [1.82, 2.24) is 9.80 Å². The van der Waals surface area contributed by atoms with Crippen LogP contribution in [0.3, 0.4) is 0 Å². The molecule has 1 aromatic carbocycles. The molecule has 0 atom stereocenters. The number of nitrogens with zero attached hydrogens (tertiary/aromatic N) is 3. The highest BCUT2D eigenvalue weighted by Gasteiger charge is 2.27. The fourth-order valence-corrected chi connectivity index (χ4v) is 3.68. The normalized spacial score (nSPS) is 22.2. The molecule has 0 aromatic heterocycles. The van der Waals surface area contributed by atoms with E-state index in [0.29, 0.717) is 0 Å². The Bertz CT molecular complexity index is 582. The Balaban J connectivity index is 1.67. The Labute approximate surface area is 127 Å². The zero-order chi connectivity index (χ0) is 14.1. The third-order valence-electron chi connectivity index (χ3n) is 4.76. The molecule has 1 fully saturated rings. The van der Waals surface area contributed by atoms with E-state index >= 15 is 0 Å². The molecule has 110 valence electrons. The average molecular weight is 281 g/mol. The van der Waals surface area contributed by atoms with Crippen LogP contribution >= 0.6 is 0 Å². The van der Waals surface area contributed by atoms with E-state index in [-0.39, 0.29) is 0 Å². The Hall–Kier alpha value is -1.61. The zero-order valence-corrected chi connectivity index (χ0v) is 12.6. The van der Waals surface area contributed by atoms with E-state index in [9.17, 15) is 0 Å². The number of amidine groups is 1. The number of likely N-dealkylation sites (tertiary alicyclic amines) is 1. The van der Waals surface area contributed by atoms with Gasteiger partial charge in [0.05, 0.1) is 0 Å². The average Bonchev–Trinajstić information content (AvgIpc) is 2.56. The summed E-state index contributed by atoms with van der Waals surface area (Å²) in [7, 11) is 0. The van der Waals surface area contributed by atoms with E-state index in [1.165, 1.54) is 61.4 Å². The lowest BCUT2D eigenvalue weighted by Crippen LogP contribution is -2.43. The Morgan fingerprint density at radius 1 is 0.952 bits per heavy atom. The second-order valence-electron chi connectivity index (χ2n) is 6.27. The van der Waals surface area contributed by atoms with Crippen molar-refractivity contribution in [2.75, 3.05) is 32.7 Å². The molecule has 0 amide bonds. The largest absolute Gasteiger partial charge is 0.329 e. The first kappa shape index (κ1) is 13.1. The Morgan fingerprint density at radius 2 is 1.81 bits per heavy atom. The minimum absolute atomic E-state index is 0.969. The fourth-order valence-electron chi connectivity index (χ4n) is 3.68. The summed E-state index contributed by atoms with van der Waals surface area (Å²) in [6, 6.07) is 8.69. The summed E-state index contributed by atoms with van der Waals surface area (Å²) in [6.07, 6.45) is 7.65. The highest BCUT2D eigenvalue weighted by molar-refractivity contribution is 6.05. The van der Waals surface area contributed by atoms with Crippen molar-refractivity contribution in [2.24, 2.45) is 4.99 Å². The molecule has 3 aliphatic rings. The number of aliphatic imine (C=N–C) groups is 1. The monoisotopic (exact) mass is 281 g/mol. The van der Waals surface area contributed by atoms with Crippen molar-refractivity contribution in [1.29, 1.82) is 0 Å². The van der Waals surface area contributed by atoms with Gasteiger partial charge in [-0.1, -0.05) is 30.7 Å². The number of hydrogen-bond donors (Lipinski definition) is 0. The van der Waals surface area contributed by atoms with Gasteiger partial charge in [0.2, 0.25) is 0 Å². The van der Waals surface area contributed by atoms with Crippen LogP contribution in [0.4, 0.5) is 0 Å². The molecule has 0 radical (unpaired) electrons. The van der Waals surface area contributed by atoms with Crippen molar-refractivity contribution in [3.8, 4) is 0 Å². The number of rotatable bonds is 2. The predicted octanol–water partition coefficient (Wildman–Crippen LogP) is 2.98. The van der Waals surface area contributed by atoms with Crippen LogP contribution in [-0.2, 0) is 0 Å². The van der Waals surface area contributed by atoms with Gasteiger partial charge in [-0.15, -0.1) is 0 Å². The maximum absolute atomic E-state index is 4.82. The molecule has 3 nitrogen and oxygen atoms in total. The van der Waals surface area contributed by atoms with Gasteiger partial charge in [-0.3, -0.25) is 9.89 Å². The summed E-state index contributed by atoms with van der Waals surface area (Å²) in [5, 5.41) is 0. The molecule has 3 heterocycles. The topological polar surface area (TPSA) is 18.8 Å². The van der Waals surface area contributed by atoms with E-state index in [1.54, 1.807) is 0 Å². The Kier molecular flexibility index (Phi) is 3.52. The van der Waals surface area contributed by atoms with E-state index < -0.39 is 0 Å². The quantitative estimate of drug-likeness (QED) is 0.830. The lowest BCUT2D eigenvalue weighted by Gasteiger charge is -2.38. The molecule has 4 rings (SSSR count). The molecule has 0 aliphatic carbocycles. The first-order valence-electron chi connectivity index (χ1n) is 8.26. The molecular weight excluding hydrogens is 258 g/mol. The molecule has 3 aliphatic heterocycles. The molecule has 1 saturated heterocycles. The molecular formula is C18H23N3. The van der Waals surface area contributed by atoms with Gasteiger partial charge in [0.15, 0.2) is 0 Å². The third kappa shape index (κ3) is 2.51. The van der Waals surface area contributed by atoms with Crippen molar-refractivity contribution < 1.29 is 0 Å². The van der Waals surface area contributed by atoms with Gasteiger partial charge in [-0.25, -0.2) is 0 Å². The minimum Gasteiger partial charge on any atom is -0.329 e. The molecule has 0 bridgehead atoms. The van der Waals surface area contributed by atoms with Gasteiger partial charge < -0.3 is 4.90 Å². The number of benzene rings is 1. The molecule has 21 heavy (non-hydrogen) atoms. The van der Waals surface area contributed by atoms with Crippen LogP contribution in [0, 0.1) is 0 Å². The fraction of sp³-hybridized carbons (Fsp3) is 0.500. The van der Waals surface area contributed by atoms with Crippen LogP contribution in [0.15, 0.2) is 35.0 Å². The number of piperidine rings is 1. The zero-order valence-electron chi connectivity index (χ0n) is 12.6. The molecule has 1 aromatic rings. The lowest BCUT2D eigenvalue weighted by molar-refractivity contribution is 0.232. The van der Waals surface area contributed by atoms with E-state index in [0.717, 1.165) is 19.6 Å². The summed E-state index contributed by atoms with van der Waals surface area (Å²) in [4.78, 5) is 9.88. The molecule has 0 saturated carbocycles. The smallest absolute Gasteiger partial charge is 0.135 e. The second-order valence-corrected chi connectivity index (χ2v) is 6.27. The summed E-state index contributed by atoms with van der Waals surface area (Å²) in [5.74, 6) is 1.20. The number of fused-ring (bicyclic) bond motifs is 3. The van der Waals surface area contributed by atoms with Crippen molar-refractivity contribution >= 4 is 11.9 Å². The Morgan fingerprint density at radius 3 is 2.71 bits per heavy atom. The van der Waals surface area contributed by atoms with Crippen molar-refractivity contribution in [3.63, 3.8) is 0 Å².